The van der Waals surface area contributed by atoms with Crippen LogP contribution in [0.3, 0.4) is 0 Å². The number of nitrogens with one attached hydrogen (secondary N) is 1. The Morgan fingerprint density at radius 1 is 1.10 bits per heavy atom. The van der Waals surface area contributed by atoms with Gasteiger partial charge in [0, 0.05) is 23.7 Å². The lowest BCUT2D eigenvalue weighted by molar-refractivity contribution is 0.282. The zero-order valence-corrected chi connectivity index (χ0v) is 20.3. The lowest BCUT2D eigenvalue weighted by atomic mass is 10.1. The second kappa shape index (κ2) is 9.58. The van der Waals surface area contributed by atoms with Crippen LogP contribution in [0.5, 0.6) is 0 Å². The molecule has 6 nitrogen and oxygen atoms in total. The van der Waals surface area contributed by atoms with E-state index in [2.05, 4.69) is 5.32 Å². The van der Waals surface area contributed by atoms with Crippen LogP contribution in [0.2, 0.25) is 5.02 Å². The minimum absolute atomic E-state index is 0.135. The topological polar surface area (TPSA) is 83.5 Å². The van der Waals surface area contributed by atoms with Crippen molar-refractivity contribution in [1.82, 2.24) is 10.2 Å². The molecule has 1 N–H and O–H groups in total. The Morgan fingerprint density at radius 3 is 2.32 bits per heavy atom. The van der Waals surface area contributed by atoms with Gasteiger partial charge in [-0.3, -0.25) is 0 Å². The number of nitrogens with zero attached hydrogens (tertiary/aromatic N) is 1. The molecule has 1 aliphatic heterocycles. The van der Waals surface area contributed by atoms with Gasteiger partial charge in [0.15, 0.2) is 19.7 Å². The summed E-state index contributed by atoms with van der Waals surface area (Å²) in [5.74, 6) is -0.576. The van der Waals surface area contributed by atoms with Crippen molar-refractivity contribution in [2.75, 3.05) is 32.1 Å². The second-order valence-corrected chi connectivity index (χ2v) is 12.9. The highest BCUT2D eigenvalue weighted by molar-refractivity contribution is 7.96. The van der Waals surface area contributed by atoms with Gasteiger partial charge in [-0.25, -0.2) is 16.8 Å². The summed E-state index contributed by atoms with van der Waals surface area (Å²) in [6, 6.07) is 13.3. The molecule has 0 saturated carbocycles. The largest absolute Gasteiger partial charge is 0.310 e. The molecule has 2 aromatic carbocycles. The Balaban J connectivity index is 1.85. The first-order valence-electron chi connectivity index (χ1n) is 10.2. The van der Waals surface area contributed by atoms with E-state index in [4.69, 9.17) is 11.6 Å². The van der Waals surface area contributed by atoms with Crippen molar-refractivity contribution in [2.45, 2.75) is 35.6 Å². The zero-order valence-electron chi connectivity index (χ0n) is 18.0. The number of likely N-dealkylation sites (N-methyl/N-ethyl adjacent to an activating group) is 1. The number of aryl methyl sites for hydroxylation is 1. The van der Waals surface area contributed by atoms with Gasteiger partial charge in [0.25, 0.3) is 0 Å². The van der Waals surface area contributed by atoms with Crippen LogP contribution in [0, 0.1) is 0 Å². The molecular weight excluding hydrogens is 456 g/mol. The quantitative estimate of drug-likeness (QED) is 0.620. The van der Waals surface area contributed by atoms with Crippen molar-refractivity contribution in [2.24, 2.45) is 0 Å². The Kier molecular flexibility index (Phi) is 7.48. The normalized spacial score (nSPS) is 22.0. The molecule has 31 heavy (non-hydrogen) atoms. The summed E-state index contributed by atoms with van der Waals surface area (Å²) in [6.45, 7) is 2.37. The molecule has 3 atom stereocenters. The molecule has 1 heterocycles. The van der Waals surface area contributed by atoms with Crippen LogP contribution < -0.4 is 5.32 Å². The third-order valence-electron chi connectivity index (χ3n) is 5.82. The van der Waals surface area contributed by atoms with Gasteiger partial charge in [-0.2, -0.15) is 0 Å². The van der Waals surface area contributed by atoms with Crippen LogP contribution in [0.15, 0.2) is 53.4 Å². The van der Waals surface area contributed by atoms with Crippen molar-refractivity contribution in [3.05, 3.63) is 64.7 Å². The number of rotatable bonds is 8. The Morgan fingerprint density at radius 2 is 1.74 bits per heavy atom. The van der Waals surface area contributed by atoms with E-state index in [1.165, 1.54) is 0 Å². The van der Waals surface area contributed by atoms with E-state index in [1.807, 2.05) is 44.1 Å². The zero-order chi connectivity index (χ0) is 22.8. The maximum absolute atomic E-state index is 13.3. The molecule has 170 valence electrons. The number of sulfone groups is 2. The molecule has 9 heteroatoms. The minimum Gasteiger partial charge on any atom is -0.310 e. The molecule has 0 aromatic heterocycles. The highest BCUT2D eigenvalue weighted by Gasteiger charge is 2.45. The highest BCUT2D eigenvalue weighted by atomic mass is 35.5. The first-order chi connectivity index (χ1) is 14.5. The van der Waals surface area contributed by atoms with E-state index in [0.717, 1.165) is 17.5 Å². The summed E-state index contributed by atoms with van der Waals surface area (Å²) in [4.78, 5) is 2.14. The molecule has 1 saturated heterocycles. The molecule has 0 bridgehead atoms. The van der Waals surface area contributed by atoms with Crippen LogP contribution in [0.1, 0.15) is 24.1 Å². The van der Waals surface area contributed by atoms with E-state index in [9.17, 15) is 16.8 Å². The summed E-state index contributed by atoms with van der Waals surface area (Å²) >= 11 is 6.36. The summed E-state index contributed by atoms with van der Waals surface area (Å²) in [7, 11) is -3.46. The number of halogens is 1. The molecule has 1 fully saturated rings. The summed E-state index contributed by atoms with van der Waals surface area (Å²) < 4.78 is 51.4. The van der Waals surface area contributed by atoms with Gasteiger partial charge in [0.1, 0.15) is 0 Å². The molecule has 0 spiro atoms. The predicted octanol–water partition coefficient (Wildman–Crippen LogP) is 2.73. The second-order valence-electron chi connectivity index (χ2n) is 8.17. The molecule has 0 amide bonds. The van der Waals surface area contributed by atoms with Crippen LogP contribution in [0.25, 0.3) is 0 Å². The van der Waals surface area contributed by atoms with E-state index in [-0.39, 0.29) is 22.4 Å². The lowest BCUT2D eigenvalue weighted by Crippen LogP contribution is -2.46. The van der Waals surface area contributed by atoms with E-state index in [0.29, 0.717) is 11.6 Å². The fraction of sp³-hybridized carbons (Fsp3) is 0.455. The molecule has 1 aliphatic rings. The van der Waals surface area contributed by atoms with Gasteiger partial charge in [-0.15, -0.1) is 0 Å². The molecule has 0 aliphatic carbocycles. The maximum atomic E-state index is 13.3. The number of benzene rings is 2. The van der Waals surface area contributed by atoms with Crippen LogP contribution in [-0.2, 0) is 26.1 Å². The van der Waals surface area contributed by atoms with Crippen molar-refractivity contribution >= 4 is 31.3 Å². The fourth-order valence-electron chi connectivity index (χ4n) is 3.98. The molecular formula is C22H29ClN2O4S2. The highest BCUT2D eigenvalue weighted by Crippen LogP contribution is 2.29. The SMILES string of the molecule is CCc1ccc(S(=O)(=O)[C@H]2CS(=O)(=O)C[C@@H]2NCC(c2ccccc2Cl)N(C)C)cc1. The van der Waals surface area contributed by atoms with Gasteiger partial charge in [0.2, 0.25) is 0 Å². The monoisotopic (exact) mass is 484 g/mol. The van der Waals surface area contributed by atoms with Crippen LogP contribution in [-0.4, -0.2) is 65.2 Å². The Hall–Kier alpha value is -1.45. The summed E-state index contributed by atoms with van der Waals surface area (Å²) in [6.07, 6.45) is 0.802. The van der Waals surface area contributed by atoms with Gasteiger partial charge < -0.3 is 10.2 Å². The molecule has 0 radical (unpaired) electrons. The third-order valence-corrected chi connectivity index (χ3v) is 10.3. The van der Waals surface area contributed by atoms with Crippen molar-refractivity contribution in [1.29, 1.82) is 0 Å². The van der Waals surface area contributed by atoms with Crippen LogP contribution in [0.4, 0.5) is 0 Å². The average Bonchev–Trinajstić information content (AvgIpc) is 3.04. The standard InChI is InChI=1S/C22H29ClN2O4S2/c1-4-16-9-11-17(12-10-16)31(28,29)22-15-30(26,27)14-20(22)24-13-21(25(2)3)18-7-5-6-8-19(18)23/h5-12,20-22,24H,4,13-15H2,1-3H3/t20-,21?,22-/m0/s1. The van der Waals surface area contributed by atoms with Gasteiger partial charge >= 0.3 is 0 Å². The average molecular weight is 485 g/mol. The smallest absolute Gasteiger partial charge is 0.183 e. The lowest BCUT2D eigenvalue weighted by Gasteiger charge is -2.28. The van der Waals surface area contributed by atoms with Gasteiger partial charge in [0.05, 0.1) is 21.7 Å². The number of hydrogen-bond donors (Lipinski definition) is 1. The predicted molar refractivity (Wildman–Crippen MR) is 125 cm³/mol. The number of hydrogen-bond acceptors (Lipinski definition) is 6. The van der Waals surface area contributed by atoms with Gasteiger partial charge in [-0.05, 0) is 49.8 Å². The van der Waals surface area contributed by atoms with E-state index >= 15 is 0 Å². The maximum Gasteiger partial charge on any atom is 0.183 e. The van der Waals surface area contributed by atoms with E-state index < -0.39 is 31.0 Å². The van der Waals surface area contributed by atoms with Crippen molar-refractivity contribution in [3.63, 3.8) is 0 Å². The summed E-state index contributed by atoms with van der Waals surface area (Å²) in [5, 5.41) is 2.82. The fourth-order valence-corrected chi connectivity index (χ4v) is 8.96. The third kappa shape index (κ3) is 5.49. The first-order valence-corrected chi connectivity index (χ1v) is 14.0. The Labute approximate surface area is 190 Å². The molecule has 3 rings (SSSR count). The minimum atomic E-state index is -3.81. The molecule has 2 aromatic rings. The van der Waals surface area contributed by atoms with Crippen LogP contribution >= 0.6 is 11.6 Å². The van der Waals surface area contributed by atoms with Gasteiger partial charge in [-0.1, -0.05) is 48.9 Å². The first kappa shape index (κ1) is 24.2. The summed E-state index contributed by atoms with van der Waals surface area (Å²) in [5.41, 5.74) is 1.93. The van der Waals surface area contributed by atoms with Crippen molar-refractivity contribution in [3.8, 4) is 0 Å². The van der Waals surface area contributed by atoms with Crippen molar-refractivity contribution < 1.29 is 16.8 Å². The van der Waals surface area contributed by atoms with E-state index in [1.54, 1.807) is 30.3 Å². The molecule has 1 unspecified atom stereocenters. The Bertz CT molecular complexity index is 1120.